The molecular weight excluding hydrogens is 709 g/mol. The number of hydrogen-bond donors (Lipinski definition) is 0. The van der Waals surface area contributed by atoms with E-state index in [4.69, 9.17) is 19.4 Å². The number of furan rings is 1. The van der Waals surface area contributed by atoms with Gasteiger partial charge in [-0.1, -0.05) is 152 Å². The van der Waals surface area contributed by atoms with Crippen LogP contribution in [0, 0.1) is 11.8 Å². The minimum absolute atomic E-state index is 0.260. The van der Waals surface area contributed by atoms with Gasteiger partial charge in [0.25, 0.3) is 0 Å². The fourth-order valence-electron chi connectivity index (χ4n) is 8.86. The molecule has 0 bridgehead atoms. The fourth-order valence-corrected chi connectivity index (χ4v) is 8.86. The van der Waals surface area contributed by atoms with Crippen LogP contribution in [-0.4, -0.2) is 19.5 Å². The number of hydrogen-bond acceptors (Lipinski definition) is 4. The molecule has 0 radical (unpaired) electrons. The van der Waals surface area contributed by atoms with Gasteiger partial charge in [0, 0.05) is 50.1 Å². The molecule has 10 aromatic rings. The maximum Gasteiger partial charge on any atom is 0.164 e. The highest BCUT2D eigenvalue weighted by Crippen LogP contribution is 2.40. The lowest BCUT2D eigenvalue weighted by molar-refractivity contribution is 0.662. The van der Waals surface area contributed by atoms with E-state index in [0.717, 1.165) is 60.7 Å². The second-order valence-corrected chi connectivity index (χ2v) is 15.2. The molecule has 2 aliphatic carbocycles. The first-order valence-corrected chi connectivity index (χ1v) is 19.8. The SMILES string of the molecule is C1=CC2C=CC(c3nc(-c4ccc5ccccc5c4)nc(-c4ccc5c(c4)oc4c(-n6c7ccccc7c7cc(-c8ccccc8)ccc76)cccc45)n3)=CC2C=C1. The first-order chi connectivity index (χ1) is 28.7. The third-order valence-corrected chi connectivity index (χ3v) is 11.8. The Morgan fingerprint density at radius 3 is 2.05 bits per heavy atom. The Kier molecular flexibility index (Phi) is 7.29. The minimum atomic E-state index is 0.260. The van der Waals surface area contributed by atoms with E-state index in [9.17, 15) is 0 Å². The van der Waals surface area contributed by atoms with Gasteiger partial charge in [-0.3, -0.25) is 0 Å². The number of benzene rings is 7. The van der Waals surface area contributed by atoms with Crippen molar-refractivity contribution in [3.05, 3.63) is 200 Å². The molecule has 0 saturated carbocycles. The zero-order valence-electron chi connectivity index (χ0n) is 31.3. The van der Waals surface area contributed by atoms with Gasteiger partial charge in [0.15, 0.2) is 23.1 Å². The average Bonchev–Trinajstić information content (AvgIpc) is 3.84. The predicted molar refractivity (Wildman–Crippen MR) is 238 cm³/mol. The largest absolute Gasteiger partial charge is 0.454 e. The molecule has 0 amide bonds. The lowest BCUT2D eigenvalue weighted by Gasteiger charge is -2.22. The Hall–Kier alpha value is -7.63. The van der Waals surface area contributed by atoms with Crippen molar-refractivity contribution < 1.29 is 4.42 Å². The van der Waals surface area contributed by atoms with E-state index in [1.165, 1.54) is 27.3 Å². The molecular formula is C53H34N4O. The number of rotatable bonds is 5. The Bertz CT molecular complexity index is 3420. The molecule has 3 aromatic heterocycles. The standard InChI is InChI=1S/C53H34N4O/c1-2-11-33(12-3-1)38-26-28-47-45(31-38)42-17-8-9-19-46(42)57(47)48-20-10-18-44-43-27-25-41(32-49(43)58-50(44)48)53-55-51(39-23-21-34-13-4-6-15-36(34)29-39)54-52(56-53)40-24-22-35-14-5-7-16-37(35)30-40/h1-32,34,36H. The van der Waals surface area contributed by atoms with E-state index in [-0.39, 0.29) is 5.92 Å². The Balaban J connectivity index is 1.01. The summed E-state index contributed by atoms with van der Waals surface area (Å²) in [6.45, 7) is 0. The molecule has 5 heteroatoms. The quantitative estimate of drug-likeness (QED) is 0.176. The zero-order valence-corrected chi connectivity index (χ0v) is 31.3. The molecule has 2 unspecified atom stereocenters. The second-order valence-electron chi connectivity index (χ2n) is 15.2. The van der Waals surface area contributed by atoms with Gasteiger partial charge in [-0.2, -0.15) is 0 Å². The summed E-state index contributed by atoms with van der Waals surface area (Å²) in [5.74, 6) is 2.48. The minimum Gasteiger partial charge on any atom is -0.454 e. The Morgan fingerprint density at radius 1 is 0.448 bits per heavy atom. The summed E-state index contributed by atoms with van der Waals surface area (Å²) in [7, 11) is 0. The zero-order chi connectivity index (χ0) is 38.2. The van der Waals surface area contributed by atoms with Crippen LogP contribution >= 0.6 is 0 Å². The van der Waals surface area contributed by atoms with Crippen molar-refractivity contribution in [1.82, 2.24) is 19.5 Å². The van der Waals surface area contributed by atoms with E-state index < -0.39 is 0 Å². The lowest BCUT2D eigenvalue weighted by atomic mass is 9.83. The molecule has 3 heterocycles. The van der Waals surface area contributed by atoms with Crippen LogP contribution in [0.15, 0.2) is 199 Å². The molecule has 0 saturated heterocycles. The van der Waals surface area contributed by atoms with Crippen LogP contribution in [0.25, 0.3) is 99.7 Å². The molecule has 0 spiro atoms. The summed E-state index contributed by atoms with van der Waals surface area (Å²) in [6, 6.07) is 53.5. The summed E-state index contributed by atoms with van der Waals surface area (Å²) in [5.41, 5.74) is 10.1. The van der Waals surface area contributed by atoms with Crippen molar-refractivity contribution in [2.45, 2.75) is 0 Å². The van der Waals surface area contributed by atoms with Gasteiger partial charge in [0.2, 0.25) is 0 Å². The van der Waals surface area contributed by atoms with Crippen molar-refractivity contribution in [3.8, 4) is 39.6 Å². The van der Waals surface area contributed by atoms with Gasteiger partial charge in [0.05, 0.1) is 16.7 Å². The highest BCUT2D eigenvalue weighted by molar-refractivity contribution is 6.13. The maximum atomic E-state index is 6.90. The number of allylic oxidation sites excluding steroid dienone is 8. The van der Waals surface area contributed by atoms with E-state index in [1.54, 1.807) is 0 Å². The van der Waals surface area contributed by atoms with Crippen LogP contribution in [0.4, 0.5) is 0 Å². The number of fused-ring (bicyclic) bond motifs is 8. The molecule has 2 aliphatic rings. The van der Waals surface area contributed by atoms with Crippen molar-refractivity contribution in [2.75, 3.05) is 0 Å². The molecule has 12 rings (SSSR count). The summed E-state index contributed by atoms with van der Waals surface area (Å²) in [6.07, 6.45) is 15.4. The first kappa shape index (κ1) is 32.6. The van der Waals surface area contributed by atoms with E-state index in [1.807, 2.05) is 0 Å². The first-order valence-electron chi connectivity index (χ1n) is 19.8. The van der Waals surface area contributed by atoms with Crippen molar-refractivity contribution in [1.29, 1.82) is 0 Å². The third-order valence-electron chi connectivity index (χ3n) is 11.8. The number of aromatic nitrogens is 4. The summed E-state index contributed by atoms with van der Waals surface area (Å²) < 4.78 is 9.24. The van der Waals surface area contributed by atoms with Gasteiger partial charge in [0.1, 0.15) is 5.58 Å². The Labute approximate surface area is 334 Å². The van der Waals surface area contributed by atoms with Crippen LogP contribution in [0.2, 0.25) is 0 Å². The summed E-state index contributed by atoms with van der Waals surface area (Å²) >= 11 is 0. The number of para-hydroxylation sites is 2. The predicted octanol–water partition coefficient (Wildman–Crippen LogP) is 13.3. The monoisotopic (exact) mass is 742 g/mol. The van der Waals surface area contributed by atoms with Crippen LogP contribution in [-0.2, 0) is 0 Å². The molecule has 272 valence electrons. The molecule has 0 aliphatic heterocycles. The van der Waals surface area contributed by atoms with Crippen LogP contribution < -0.4 is 0 Å². The summed E-state index contributed by atoms with van der Waals surface area (Å²) in [4.78, 5) is 15.4. The van der Waals surface area contributed by atoms with E-state index in [0.29, 0.717) is 23.4 Å². The van der Waals surface area contributed by atoms with Crippen molar-refractivity contribution >= 4 is 60.1 Å². The van der Waals surface area contributed by atoms with E-state index >= 15 is 0 Å². The summed E-state index contributed by atoms with van der Waals surface area (Å²) in [5, 5.41) is 6.82. The van der Waals surface area contributed by atoms with E-state index in [2.05, 4.69) is 199 Å². The maximum absolute atomic E-state index is 6.90. The van der Waals surface area contributed by atoms with Crippen LogP contribution in [0.1, 0.15) is 5.82 Å². The van der Waals surface area contributed by atoms with Crippen LogP contribution in [0.5, 0.6) is 0 Å². The average molecular weight is 743 g/mol. The second kappa shape index (κ2) is 13.0. The smallest absolute Gasteiger partial charge is 0.164 e. The fraction of sp³-hybridized carbons (Fsp3) is 0.0377. The van der Waals surface area contributed by atoms with Crippen molar-refractivity contribution in [2.24, 2.45) is 11.8 Å². The molecule has 2 atom stereocenters. The van der Waals surface area contributed by atoms with Gasteiger partial charge in [-0.15, -0.1) is 0 Å². The molecule has 0 N–H and O–H groups in total. The van der Waals surface area contributed by atoms with Gasteiger partial charge in [-0.05, 0) is 64.4 Å². The molecule has 0 fully saturated rings. The topological polar surface area (TPSA) is 56.7 Å². The van der Waals surface area contributed by atoms with Crippen molar-refractivity contribution in [3.63, 3.8) is 0 Å². The molecule has 58 heavy (non-hydrogen) atoms. The van der Waals surface area contributed by atoms with Crippen LogP contribution in [0.3, 0.4) is 0 Å². The number of nitrogens with zero attached hydrogens (tertiary/aromatic N) is 4. The highest BCUT2D eigenvalue weighted by atomic mass is 16.3. The molecule has 5 nitrogen and oxygen atoms in total. The van der Waals surface area contributed by atoms with Gasteiger partial charge < -0.3 is 8.98 Å². The lowest BCUT2D eigenvalue weighted by Crippen LogP contribution is -2.12. The van der Waals surface area contributed by atoms with Gasteiger partial charge >= 0.3 is 0 Å². The van der Waals surface area contributed by atoms with Gasteiger partial charge in [-0.25, -0.2) is 15.0 Å². The highest BCUT2D eigenvalue weighted by Gasteiger charge is 2.23. The normalized spacial score (nSPS) is 16.2. The third kappa shape index (κ3) is 5.28. The molecule has 7 aromatic carbocycles. The Morgan fingerprint density at radius 2 is 1.16 bits per heavy atom.